The van der Waals surface area contributed by atoms with Gasteiger partial charge in [0.05, 0.1) is 29.3 Å². The average Bonchev–Trinajstić information content (AvgIpc) is 2.96. The van der Waals surface area contributed by atoms with Crippen LogP contribution in [0.4, 0.5) is 0 Å². The van der Waals surface area contributed by atoms with Crippen LogP contribution in [-0.2, 0) is 25.6 Å². The second kappa shape index (κ2) is 10.3. The Morgan fingerprint density at radius 3 is 2.66 bits per heavy atom. The minimum absolute atomic E-state index is 0.0465. The summed E-state index contributed by atoms with van der Waals surface area (Å²) >= 11 is 1.52. The van der Waals surface area contributed by atoms with E-state index in [1.807, 2.05) is 25.3 Å². The van der Waals surface area contributed by atoms with E-state index in [0.717, 1.165) is 24.1 Å². The van der Waals surface area contributed by atoms with E-state index < -0.39 is 5.60 Å². The van der Waals surface area contributed by atoms with Crippen LogP contribution in [-0.4, -0.2) is 39.5 Å². The first-order chi connectivity index (χ1) is 13.7. The van der Waals surface area contributed by atoms with E-state index >= 15 is 0 Å². The number of thioether (sulfide) groups is 1. The van der Waals surface area contributed by atoms with Gasteiger partial charge in [-0.2, -0.15) is 5.26 Å². The summed E-state index contributed by atoms with van der Waals surface area (Å²) in [5.41, 5.74) is 1.40. The quantitative estimate of drug-likeness (QED) is 0.345. The normalized spacial score (nSPS) is 11.3. The van der Waals surface area contributed by atoms with Crippen molar-refractivity contribution in [3.05, 3.63) is 23.8 Å². The molecule has 8 heteroatoms. The predicted molar refractivity (Wildman–Crippen MR) is 112 cm³/mol. The molecule has 0 aliphatic carbocycles. The highest BCUT2D eigenvalue weighted by molar-refractivity contribution is 7.99. The van der Waals surface area contributed by atoms with E-state index in [1.54, 1.807) is 25.1 Å². The Morgan fingerprint density at radius 1 is 1.24 bits per heavy atom. The predicted octanol–water partition coefficient (Wildman–Crippen LogP) is 4.08. The van der Waals surface area contributed by atoms with E-state index in [9.17, 15) is 9.59 Å². The number of unbranched alkanes of at least 4 members (excludes halogenated alkanes) is 1. The van der Waals surface area contributed by atoms with Gasteiger partial charge in [-0.25, -0.2) is 4.98 Å². The van der Waals surface area contributed by atoms with Crippen molar-refractivity contribution in [1.82, 2.24) is 9.55 Å². The number of fused-ring (bicyclic) bond motifs is 1. The van der Waals surface area contributed by atoms with Gasteiger partial charge in [0.25, 0.3) is 0 Å². The van der Waals surface area contributed by atoms with Crippen molar-refractivity contribution in [1.29, 1.82) is 5.26 Å². The Balaban J connectivity index is 2.11. The topological polar surface area (TPSA) is 94.2 Å². The van der Waals surface area contributed by atoms with Gasteiger partial charge in [0, 0.05) is 12.2 Å². The van der Waals surface area contributed by atoms with Crippen LogP contribution in [0.15, 0.2) is 23.4 Å². The minimum atomic E-state index is -0.568. The zero-order valence-corrected chi connectivity index (χ0v) is 18.2. The highest BCUT2D eigenvalue weighted by Crippen LogP contribution is 2.26. The fourth-order valence-corrected chi connectivity index (χ4v) is 3.72. The van der Waals surface area contributed by atoms with Crippen LogP contribution in [0.25, 0.3) is 11.0 Å². The van der Waals surface area contributed by atoms with Crippen LogP contribution in [0.5, 0.6) is 0 Å². The zero-order chi connectivity index (χ0) is 21.4. The van der Waals surface area contributed by atoms with Crippen LogP contribution in [0.1, 0.15) is 52.5 Å². The Kier molecular flexibility index (Phi) is 8.09. The Bertz CT molecular complexity index is 909. The lowest BCUT2D eigenvalue weighted by Crippen LogP contribution is -2.26. The number of carbonyl (C=O) groups excluding carboxylic acids is 2. The molecule has 7 nitrogen and oxygen atoms in total. The summed E-state index contributed by atoms with van der Waals surface area (Å²) in [7, 11) is 0. The molecule has 1 aromatic heterocycles. The van der Waals surface area contributed by atoms with Crippen molar-refractivity contribution in [2.45, 2.75) is 64.3 Å². The van der Waals surface area contributed by atoms with E-state index in [4.69, 9.17) is 14.7 Å². The van der Waals surface area contributed by atoms with Gasteiger partial charge in [0.1, 0.15) is 12.1 Å². The molecule has 2 rings (SSSR count). The van der Waals surface area contributed by atoms with E-state index in [-0.39, 0.29) is 18.5 Å². The van der Waals surface area contributed by atoms with Crippen LogP contribution >= 0.6 is 11.8 Å². The molecule has 0 aliphatic heterocycles. The highest BCUT2D eigenvalue weighted by Gasteiger charge is 2.20. The maximum atomic E-state index is 12.4. The molecule has 1 heterocycles. The molecule has 0 atom stereocenters. The van der Waals surface area contributed by atoms with Crippen molar-refractivity contribution < 1.29 is 19.1 Å². The minimum Gasteiger partial charge on any atom is -0.466 e. The molecule has 0 fully saturated rings. The number of rotatable bonds is 9. The van der Waals surface area contributed by atoms with Gasteiger partial charge in [-0.3, -0.25) is 9.59 Å². The third-order valence-electron chi connectivity index (χ3n) is 3.86. The Hall–Kier alpha value is -2.53. The molecule has 29 heavy (non-hydrogen) atoms. The number of ether oxygens (including phenoxy) is 2. The van der Waals surface area contributed by atoms with Gasteiger partial charge in [0.2, 0.25) is 0 Å². The molecule has 0 aliphatic rings. The lowest BCUT2D eigenvalue weighted by molar-refractivity contribution is -0.155. The van der Waals surface area contributed by atoms with E-state index in [1.165, 1.54) is 11.8 Å². The average molecular weight is 418 g/mol. The van der Waals surface area contributed by atoms with Crippen LogP contribution in [0, 0.1) is 11.3 Å². The third kappa shape index (κ3) is 7.09. The van der Waals surface area contributed by atoms with Crippen LogP contribution in [0.3, 0.4) is 0 Å². The molecule has 2 aromatic rings. The van der Waals surface area contributed by atoms with Crippen LogP contribution < -0.4 is 0 Å². The van der Waals surface area contributed by atoms with Crippen LogP contribution in [0.2, 0.25) is 0 Å². The smallest absolute Gasteiger partial charge is 0.326 e. The van der Waals surface area contributed by atoms with Crippen molar-refractivity contribution >= 4 is 34.7 Å². The number of esters is 2. The molecular formula is C21H27N3O4S. The SMILES string of the molecule is CCOC(=O)CCCCSc1nc2cc(C#N)ccc2n1CC(=O)OC(C)(C)C. The van der Waals surface area contributed by atoms with Gasteiger partial charge >= 0.3 is 11.9 Å². The monoisotopic (exact) mass is 417 g/mol. The Labute approximate surface area is 175 Å². The second-order valence-corrected chi connectivity index (χ2v) is 8.55. The summed E-state index contributed by atoms with van der Waals surface area (Å²) in [6, 6.07) is 7.34. The molecule has 0 N–H and O–H groups in total. The summed E-state index contributed by atoms with van der Waals surface area (Å²) in [6.45, 7) is 7.72. The third-order valence-corrected chi connectivity index (χ3v) is 4.92. The summed E-state index contributed by atoms with van der Waals surface area (Å²) in [6.07, 6.45) is 1.95. The lowest BCUT2D eigenvalue weighted by Gasteiger charge is -2.20. The maximum absolute atomic E-state index is 12.4. The van der Waals surface area contributed by atoms with Gasteiger partial charge in [-0.15, -0.1) is 0 Å². The molecule has 0 saturated heterocycles. The first-order valence-electron chi connectivity index (χ1n) is 9.64. The van der Waals surface area contributed by atoms with Crippen molar-refractivity contribution in [2.24, 2.45) is 0 Å². The molecule has 1 aromatic carbocycles. The largest absolute Gasteiger partial charge is 0.466 e. The summed E-state index contributed by atoms with van der Waals surface area (Å²) in [5.74, 6) is 0.228. The van der Waals surface area contributed by atoms with Crippen molar-refractivity contribution in [3.8, 4) is 6.07 Å². The first-order valence-corrected chi connectivity index (χ1v) is 10.6. The number of aromatic nitrogens is 2. The number of hydrogen-bond acceptors (Lipinski definition) is 7. The van der Waals surface area contributed by atoms with Gasteiger partial charge < -0.3 is 14.0 Å². The summed E-state index contributed by atoms with van der Waals surface area (Å²) in [4.78, 5) is 28.4. The molecule has 0 radical (unpaired) electrons. The number of nitrogens with zero attached hydrogens (tertiary/aromatic N) is 3. The van der Waals surface area contributed by atoms with Gasteiger partial charge in [-0.1, -0.05) is 11.8 Å². The van der Waals surface area contributed by atoms with E-state index in [0.29, 0.717) is 29.3 Å². The Morgan fingerprint density at radius 2 is 2.00 bits per heavy atom. The van der Waals surface area contributed by atoms with E-state index in [2.05, 4.69) is 11.1 Å². The molecule has 156 valence electrons. The van der Waals surface area contributed by atoms with Gasteiger partial charge in [0.15, 0.2) is 5.16 Å². The van der Waals surface area contributed by atoms with Gasteiger partial charge in [-0.05, 0) is 58.7 Å². The fraction of sp³-hybridized carbons (Fsp3) is 0.524. The molecule has 0 unspecified atom stereocenters. The zero-order valence-electron chi connectivity index (χ0n) is 17.4. The standard InChI is InChI=1S/C21H27N3O4S/c1-5-27-18(25)8-6-7-11-29-20-23-16-12-15(13-22)9-10-17(16)24(20)14-19(26)28-21(2,3)4/h9-10,12H,5-8,11,14H2,1-4H3. The summed E-state index contributed by atoms with van der Waals surface area (Å²) < 4.78 is 12.2. The number of imidazole rings is 1. The summed E-state index contributed by atoms with van der Waals surface area (Å²) in [5, 5.41) is 9.82. The molecule has 0 bridgehead atoms. The molecular weight excluding hydrogens is 390 g/mol. The maximum Gasteiger partial charge on any atom is 0.326 e. The number of hydrogen-bond donors (Lipinski definition) is 0. The number of benzene rings is 1. The second-order valence-electron chi connectivity index (χ2n) is 7.49. The highest BCUT2D eigenvalue weighted by atomic mass is 32.2. The first kappa shape index (κ1) is 22.8. The lowest BCUT2D eigenvalue weighted by atomic mass is 10.2. The molecule has 0 spiro atoms. The number of nitriles is 1. The van der Waals surface area contributed by atoms with Crippen molar-refractivity contribution in [3.63, 3.8) is 0 Å². The fourth-order valence-electron chi connectivity index (χ4n) is 2.71. The van der Waals surface area contributed by atoms with Crippen molar-refractivity contribution in [2.75, 3.05) is 12.4 Å². The molecule has 0 amide bonds. The number of carbonyl (C=O) groups is 2. The molecule has 0 saturated carbocycles.